The van der Waals surface area contributed by atoms with Gasteiger partial charge < -0.3 is 50.2 Å². The summed E-state index contributed by atoms with van der Waals surface area (Å²) < 4.78 is 0. The lowest BCUT2D eigenvalue weighted by molar-refractivity contribution is -0.132. The Bertz CT molecular complexity index is 2630. The van der Waals surface area contributed by atoms with Gasteiger partial charge in [-0.1, -0.05) is 0 Å². The molecular formula is C43H40N10O12. The normalized spacial score (nSPS) is 11.3. The Labute approximate surface area is 369 Å². The summed E-state index contributed by atoms with van der Waals surface area (Å²) in [5, 5.41) is 58.8. The van der Waals surface area contributed by atoms with Gasteiger partial charge in [-0.2, -0.15) is 0 Å². The zero-order chi connectivity index (χ0) is 47.2. The number of nitrogens with zero attached hydrogens (tertiary/aromatic N) is 10. The van der Waals surface area contributed by atoms with E-state index in [1.807, 2.05) is 0 Å². The van der Waals surface area contributed by atoms with E-state index in [1.165, 1.54) is 80.5 Å². The average Bonchev–Trinajstić information content (AvgIpc) is 3.29. The van der Waals surface area contributed by atoms with E-state index < -0.39 is 35.8 Å². The number of hydrogen-bond acceptors (Lipinski definition) is 16. The smallest absolute Gasteiger partial charge is 0.337 e. The maximum atomic E-state index is 12.1. The van der Waals surface area contributed by atoms with Gasteiger partial charge in [0.05, 0.1) is 92.9 Å². The highest BCUT2D eigenvalue weighted by atomic mass is 16.4. The molecule has 0 aliphatic rings. The van der Waals surface area contributed by atoms with Crippen LogP contribution in [0.5, 0.6) is 0 Å². The molecular weight excluding hydrogens is 849 g/mol. The number of anilines is 5. The van der Waals surface area contributed by atoms with Crippen LogP contribution in [-0.2, 0) is 4.79 Å². The van der Waals surface area contributed by atoms with Crippen LogP contribution in [0.25, 0.3) is 0 Å². The second-order valence-corrected chi connectivity index (χ2v) is 13.8. The molecule has 5 rings (SSSR count). The zero-order valence-electron chi connectivity index (χ0n) is 34.4. The molecule has 6 N–H and O–H groups in total. The van der Waals surface area contributed by atoms with E-state index in [4.69, 9.17) is 0 Å². The molecule has 334 valence electrons. The average molecular weight is 889 g/mol. The highest BCUT2D eigenvalue weighted by Gasteiger charge is 2.22. The number of aliphatic carboxylic acids is 1. The summed E-state index contributed by atoms with van der Waals surface area (Å²) in [6, 6.07) is 6.78. The van der Waals surface area contributed by atoms with Gasteiger partial charge in [0.2, 0.25) is 0 Å². The number of carboxylic acid groups (broad SMARTS) is 6. The van der Waals surface area contributed by atoms with Gasteiger partial charge in [0.1, 0.15) is 0 Å². The summed E-state index contributed by atoms with van der Waals surface area (Å²) in [6.45, 7) is 4.99. The number of aromatic carboxylic acids is 5. The quantitative estimate of drug-likeness (QED) is 0.0301. The van der Waals surface area contributed by atoms with Crippen LogP contribution in [0.2, 0.25) is 0 Å². The molecule has 0 aliphatic heterocycles. The Morgan fingerprint density at radius 1 is 0.492 bits per heavy atom. The van der Waals surface area contributed by atoms with Gasteiger partial charge in [-0.3, -0.25) is 29.9 Å². The van der Waals surface area contributed by atoms with Gasteiger partial charge in [0, 0.05) is 82.0 Å². The fraction of sp³-hybridized carbons (Fsp3) is 0.163. The third-order valence-corrected chi connectivity index (χ3v) is 9.58. The number of pyridine rings is 5. The number of rotatable bonds is 23. The lowest BCUT2D eigenvalue weighted by Crippen LogP contribution is -2.42. The SMILES string of the molecule is C=N/C=C(\C=C(/C)C(=O)O)N(CCN(CCN(CCN(c1cncc(C(=O)O)c1)c1cncc(C(=O)O)c1)c1cncc(C(=O)O)c1)c1cncc(C(=O)O)c1)c1cncc(C(=O)O)c1. The molecule has 5 heterocycles. The standard InChI is InChI=1S/C43H40N10O12/c1-26(38(54)55)9-34(20-44-2)52(35-12-29(41(60)61)17-47-23-35)7-5-50(32-10-27(39(56)57)15-45-21-32)3-4-51(33-11-28(40(58)59)16-46-22-33)6-8-53(36-13-30(42(62)63)18-48-24-36)37-14-31(43(64)65)19-49-25-37/h9-25H,2-8H2,1H3,(H,54,55)(H,56,57)(H,58,59)(H,60,61)(H,62,63)(H,64,65)/b26-9+,34-20+. The van der Waals surface area contributed by atoms with Crippen LogP contribution in [0, 0.1) is 0 Å². The van der Waals surface area contributed by atoms with Crippen LogP contribution in [0.3, 0.4) is 0 Å². The molecule has 0 saturated heterocycles. The molecule has 0 spiro atoms. The molecule has 22 nitrogen and oxygen atoms in total. The summed E-state index contributed by atoms with van der Waals surface area (Å²) in [4.78, 5) is 103. The summed E-state index contributed by atoms with van der Waals surface area (Å²) in [7, 11) is 0. The summed E-state index contributed by atoms with van der Waals surface area (Å²) >= 11 is 0. The molecule has 0 atom stereocenters. The minimum atomic E-state index is -1.28. The second-order valence-electron chi connectivity index (χ2n) is 13.8. The molecule has 65 heavy (non-hydrogen) atoms. The Hall–Kier alpha value is -9.08. The Morgan fingerprint density at radius 2 is 0.815 bits per heavy atom. The number of aliphatic imine (C=N–C) groups is 1. The number of carboxylic acids is 6. The van der Waals surface area contributed by atoms with Crippen molar-refractivity contribution in [2.75, 3.05) is 58.9 Å². The molecule has 0 saturated carbocycles. The molecule has 5 aromatic heterocycles. The molecule has 0 unspecified atom stereocenters. The van der Waals surface area contributed by atoms with Crippen molar-refractivity contribution >= 4 is 71.0 Å². The summed E-state index contributed by atoms with van der Waals surface area (Å²) in [5.41, 5.74) is 0.684. The maximum Gasteiger partial charge on any atom is 0.337 e. The minimum absolute atomic E-state index is 0.00151. The summed E-state index contributed by atoms with van der Waals surface area (Å²) in [6.07, 6.45) is 15.3. The highest BCUT2D eigenvalue weighted by Crippen LogP contribution is 2.28. The van der Waals surface area contributed by atoms with Crippen molar-refractivity contribution in [1.29, 1.82) is 0 Å². The van der Waals surface area contributed by atoms with E-state index in [9.17, 15) is 59.4 Å². The van der Waals surface area contributed by atoms with Crippen molar-refractivity contribution in [3.8, 4) is 0 Å². The first-order valence-electron chi connectivity index (χ1n) is 19.1. The lowest BCUT2D eigenvalue weighted by Gasteiger charge is -2.34. The van der Waals surface area contributed by atoms with Crippen molar-refractivity contribution < 1.29 is 59.4 Å². The molecule has 0 aliphatic carbocycles. The van der Waals surface area contributed by atoms with E-state index in [0.29, 0.717) is 11.4 Å². The predicted octanol–water partition coefficient (Wildman–Crippen LogP) is 4.38. The molecule has 0 fully saturated rings. The largest absolute Gasteiger partial charge is 0.478 e. The third kappa shape index (κ3) is 12.5. The topological polar surface area (TPSA) is 314 Å². The van der Waals surface area contributed by atoms with E-state index in [0.717, 1.165) is 31.0 Å². The lowest BCUT2D eigenvalue weighted by atomic mass is 10.2. The monoisotopic (exact) mass is 888 g/mol. The molecule has 0 amide bonds. The molecule has 22 heteroatoms. The Kier molecular flexibility index (Phi) is 15.6. The molecule has 0 bridgehead atoms. The van der Waals surface area contributed by atoms with Crippen LogP contribution < -0.4 is 19.6 Å². The first-order valence-corrected chi connectivity index (χ1v) is 19.1. The minimum Gasteiger partial charge on any atom is -0.478 e. The Morgan fingerprint density at radius 3 is 1.18 bits per heavy atom. The summed E-state index contributed by atoms with van der Waals surface area (Å²) in [5.74, 6) is -7.59. The maximum absolute atomic E-state index is 12.1. The molecule has 0 radical (unpaired) electrons. The van der Waals surface area contributed by atoms with Crippen LogP contribution in [-0.4, -0.2) is 137 Å². The highest BCUT2D eigenvalue weighted by molar-refractivity contribution is 5.91. The van der Waals surface area contributed by atoms with Crippen molar-refractivity contribution in [3.63, 3.8) is 0 Å². The van der Waals surface area contributed by atoms with Crippen LogP contribution in [0.15, 0.2) is 121 Å². The van der Waals surface area contributed by atoms with Crippen LogP contribution >= 0.6 is 0 Å². The fourth-order valence-electron chi connectivity index (χ4n) is 6.31. The van der Waals surface area contributed by atoms with Gasteiger partial charge in [-0.15, -0.1) is 0 Å². The van der Waals surface area contributed by atoms with Gasteiger partial charge in [-0.05, 0) is 50.0 Å². The van der Waals surface area contributed by atoms with Gasteiger partial charge in [0.25, 0.3) is 0 Å². The third-order valence-electron chi connectivity index (χ3n) is 9.58. The Balaban J connectivity index is 1.58. The second kappa shape index (κ2) is 21.6. The van der Waals surface area contributed by atoms with Crippen LogP contribution in [0.4, 0.5) is 28.4 Å². The van der Waals surface area contributed by atoms with Crippen molar-refractivity contribution in [2.45, 2.75) is 6.92 Å². The van der Waals surface area contributed by atoms with E-state index in [1.54, 1.807) is 19.6 Å². The fourth-order valence-corrected chi connectivity index (χ4v) is 6.31. The zero-order valence-corrected chi connectivity index (χ0v) is 34.4. The van der Waals surface area contributed by atoms with Gasteiger partial charge in [-0.25, -0.2) is 28.8 Å². The molecule has 0 aromatic carbocycles. The van der Waals surface area contributed by atoms with Crippen molar-refractivity contribution in [2.24, 2.45) is 4.99 Å². The first-order chi connectivity index (χ1) is 31.1. The van der Waals surface area contributed by atoms with E-state index in [2.05, 4.69) is 36.6 Å². The van der Waals surface area contributed by atoms with E-state index >= 15 is 0 Å². The van der Waals surface area contributed by atoms with Crippen LogP contribution in [0.1, 0.15) is 58.7 Å². The van der Waals surface area contributed by atoms with Gasteiger partial charge in [0.15, 0.2) is 0 Å². The van der Waals surface area contributed by atoms with Crippen molar-refractivity contribution in [3.05, 3.63) is 144 Å². The number of hydrogen-bond donors (Lipinski definition) is 6. The number of carbonyl (C=O) groups is 6. The predicted molar refractivity (Wildman–Crippen MR) is 234 cm³/mol. The number of aromatic nitrogens is 5. The van der Waals surface area contributed by atoms with Crippen molar-refractivity contribution in [1.82, 2.24) is 24.9 Å². The first kappa shape index (κ1) is 47.0. The molecule has 5 aromatic rings. The van der Waals surface area contributed by atoms with E-state index in [-0.39, 0.29) is 95.4 Å². The number of allylic oxidation sites excluding steroid dienone is 1. The van der Waals surface area contributed by atoms with Gasteiger partial charge >= 0.3 is 35.8 Å².